The molecule has 0 saturated heterocycles. The van der Waals surface area contributed by atoms with Gasteiger partial charge in [0.2, 0.25) is 0 Å². The third kappa shape index (κ3) is 4.73. The smallest absolute Gasteiger partial charge is 0.251 e. The molecular weight excluding hydrogens is 278 g/mol. The molecule has 1 rings (SSSR count). The third-order valence-corrected chi connectivity index (χ3v) is 4.53. The molecule has 4 N–H and O–H groups in total. The average molecular weight is 299 g/mol. The van der Waals surface area contributed by atoms with Crippen LogP contribution in [0.15, 0.2) is 18.2 Å². The number of nitrogens with one attached hydrogen (secondary N) is 2. The second kappa shape index (κ2) is 7.14. The standard InChI is InChI=1S/C13H21N3O3S/c1-3-15-13(17)10-5-6-12(11(14)9-10)16-7-8-20(18,19)4-2/h5-6,9,16H,3-4,7-8,14H2,1-2H3,(H,15,17). The molecule has 112 valence electrons. The lowest BCUT2D eigenvalue weighted by Crippen LogP contribution is -2.23. The van der Waals surface area contributed by atoms with E-state index in [1.165, 1.54) is 0 Å². The monoisotopic (exact) mass is 299 g/mol. The van der Waals surface area contributed by atoms with Gasteiger partial charge in [0.15, 0.2) is 9.84 Å². The van der Waals surface area contributed by atoms with Crippen LogP contribution in [0.3, 0.4) is 0 Å². The molecule has 0 bridgehead atoms. The molecule has 0 spiro atoms. The van der Waals surface area contributed by atoms with E-state index in [1.54, 1.807) is 25.1 Å². The van der Waals surface area contributed by atoms with E-state index in [-0.39, 0.29) is 17.4 Å². The van der Waals surface area contributed by atoms with Crippen LogP contribution in [0.5, 0.6) is 0 Å². The minimum Gasteiger partial charge on any atom is -0.397 e. The lowest BCUT2D eigenvalue weighted by molar-refractivity contribution is 0.0956. The number of nitrogen functional groups attached to an aromatic ring is 1. The first-order valence-electron chi connectivity index (χ1n) is 6.51. The van der Waals surface area contributed by atoms with Gasteiger partial charge in [0, 0.05) is 24.4 Å². The van der Waals surface area contributed by atoms with Gasteiger partial charge in [0.05, 0.1) is 17.1 Å². The highest BCUT2D eigenvalue weighted by molar-refractivity contribution is 7.91. The Morgan fingerprint density at radius 2 is 2.00 bits per heavy atom. The summed E-state index contributed by atoms with van der Waals surface area (Å²) in [5.41, 5.74) is 7.38. The number of hydrogen-bond acceptors (Lipinski definition) is 5. The Hall–Kier alpha value is -1.76. The third-order valence-electron chi connectivity index (χ3n) is 2.82. The Balaban J connectivity index is 2.67. The number of anilines is 2. The van der Waals surface area contributed by atoms with Crippen molar-refractivity contribution in [1.82, 2.24) is 5.32 Å². The highest BCUT2D eigenvalue weighted by atomic mass is 32.2. The van der Waals surface area contributed by atoms with Crippen LogP contribution in [0.2, 0.25) is 0 Å². The fraction of sp³-hybridized carbons (Fsp3) is 0.462. The molecule has 0 heterocycles. The van der Waals surface area contributed by atoms with Gasteiger partial charge in [-0.15, -0.1) is 0 Å². The van der Waals surface area contributed by atoms with E-state index >= 15 is 0 Å². The van der Waals surface area contributed by atoms with Gasteiger partial charge in [-0.1, -0.05) is 6.92 Å². The van der Waals surface area contributed by atoms with E-state index < -0.39 is 9.84 Å². The van der Waals surface area contributed by atoms with Crippen LogP contribution in [0, 0.1) is 0 Å². The van der Waals surface area contributed by atoms with E-state index in [2.05, 4.69) is 10.6 Å². The number of rotatable bonds is 7. The van der Waals surface area contributed by atoms with Crippen LogP contribution in [-0.2, 0) is 9.84 Å². The van der Waals surface area contributed by atoms with Crippen molar-refractivity contribution in [2.24, 2.45) is 0 Å². The first-order valence-corrected chi connectivity index (χ1v) is 8.33. The van der Waals surface area contributed by atoms with Crippen molar-refractivity contribution in [3.8, 4) is 0 Å². The molecule has 0 aromatic heterocycles. The summed E-state index contributed by atoms with van der Waals surface area (Å²) in [5, 5.41) is 5.65. The van der Waals surface area contributed by atoms with E-state index in [1.807, 2.05) is 6.92 Å². The highest BCUT2D eigenvalue weighted by Gasteiger charge is 2.09. The summed E-state index contributed by atoms with van der Waals surface area (Å²) in [6, 6.07) is 4.90. The van der Waals surface area contributed by atoms with Gasteiger partial charge < -0.3 is 16.4 Å². The zero-order valence-corrected chi connectivity index (χ0v) is 12.6. The normalized spacial score (nSPS) is 11.1. The van der Waals surface area contributed by atoms with Crippen LogP contribution in [-0.4, -0.2) is 38.9 Å². The van der Waals surface area contributed by atoms with Crippen LogP contribution in [0.1, 0.15) is 24.2 Å². The Morgan fingerprint density at radius 1 is 1.30 bits per heavy atom. The summed E-state index contributed by atoms with van der Waals surface area (Å²) in [7, 11) is -3.00. The molecule has 1 aromatic carbocycles. The van der Waals surface area contributed by atoms with E-state index in [9.17, 15) is 13.2 Å². The van der Waals surface area contributed by atoms with E-state index in [0.717, 1.165) is 0 Å². The van der Waals surface area contributed by atoms with Crippen LogP contribution >= 0.6 is 0 Å². The molecule has 20 heavy (non-hydrogen) atoms. The first-order chi connectivity index (χ1) is 9.39. The number of amides is 1. The summed E-state index contributed by atoms with van der Waals surface area (Å²) in [4.78, 5) is 11.6. The first kappa shape index (κ1) is 16.3. The lowest BCUT2D eigenvalue weighted by Gasteiger charge is -2.11. The Kier molecular flexibility index (Phi) is 5.82. The number of carbonyl (C=O) groups is 1. The molecule has 0 saturated carbocycles. The molecule has 0 fully saturated rings. The van der Waals surface area contributed by atoms with Crippen molar-refractivity contribution in [3.63, 3.8) is 0 Å². The minimum atomic E-state index is -3.00. The summed E-state index contributed by atoms with van der Waals surface area (Å²) in [6.07, 6.45) is 0. The predicted octanol–water partition coefficient (Wildman–Crippen LogP) is 0.865. The van der Waals surface area contributed by atoms with Crippen molar-refractivity contribution < 1.29 is 13.2 Å². The molecule has 0 radical (unpaired) electrons. The summed E-state index contributed by atoms with van der Waals surface area (Å²) in [5.74, 6) is 0.000653. The number of hydrogen-bond donors (Lipinski definition) is 3. The number of benzene rings is 1. The molecular formula is C13H21N3O3S. The van der Waals surface area contributed by atoms with Crippen LogP contribution < -0.4 is 16.4 Å². The molecule has 7 heteroatoms. The predicted molar refractivity (Wildman–Crippen MR) is 81.7 cm³/mol. The van der Waals surface area contributed by atoms with E-state index in [4.69, 9.17) is 5.73 Å². The molecule has 0 aliphatic carbocycles. The Morgan fingerprint density at radius 3 is 2.55 bits per heavy atom. The molecule has 1 aromatic rings. The average Bonchev–Trinajstić information content (AvgIpc) is 2.40. The lowest BCUT2D eigenvalue weighted by atomic mass is 10.1. The van der Waals surface area contributed by atoms with E-state index in [0.29, 0.717) is 30.0 Å². The molecule has 0 atom stereocenters. The zero-order valence-electron chi connectivity index (χ0n) is 11.8. The number of nitrogens with two attached hydrogens (primary N) is 1. The molecule has 1 amide bonds. The van der Waals surface area contributed by atoms with Crippen molar-refractivity contribution in [2.75, 3.05) is 35.6 Å². The maximum Gasteiger partial charge on any atom is 0.251 e. The van der Waals surface area contributed by atoms with Gasteiger partial charge in [-0.2, -0.15) is 0 Å². The Labute approximate surface area is 119 Å². The minimum absolute atomic E-state index is 0.0566. The van der Waals surface area contributed by atoms with Gasteiger partial charge in [-0.05, 0) is 25.1 Å². The fourth-order valence-corrected chi connectivity index (χ4v) is 2.31. The van der Waals surface area contributed by atoms with Crippen LogP contribution in [0.25, 0.3) is 0 Å². The molecule has 6 nitrogen and oxygen atoms in total. The summed E-state index contributed by atoms with van der Waals surface area (Å²) < 4.78 is 22.7. The Bertz CT molecular complexity index is 570. The number of carbonyl (C=O) groups excluding carboxylic acids is 1. The quantitative estimate of drug-likeness (QED) is 0.648. The number of sulfone groups is 1. The largest absolute Gasteiger partial charge is 0.397 e. The second-order valence-electron chi connectivity index (χ2n) is 4.32. The van der Waals surface area contributed by atoms with Gasteiger partial charge >= 0.3 is 0 Å². The molecule has 0 unspecified atom stereocenters. The SMILES string of the molecule is CCNC(=O)c1ccc(NCCS(=O)(=O)CC)c(N)c1. The maximum atomic E-state index is 11.6. The zero-order chi connectivity index (χ0) is 15.2. The van der Waals surface area contributed by atoms with Gasteiger partial charge in [-0.3, -0.25) is 4.79 Å². The maximum absolute atomic E-state index is 11.6. The van der Waals surface area contributed by atoms with Crippen molar-refractivity contribution in [2.45, 2.75) is 13.8 Å². The molecule has 0 aliphatic rings. The van der Waals surface area contributed by atoms with Crippen molar-refractivity contribution in [1.29, 1.82) is 0 Å². The topological polar surface area (TPSA) is 101 Å². The van der Waals surface area contributed by atoms with Gasteiger partial charge in [-0.25, -0.2) is 8.42 Å². The van der Waals surface area contributed by atoms with Crippen molar-refractivity contribution >= 4 is 27.1 Å². The second-order valence-corrected chi connectivity index (χ2v) is 6.80. The van der Waals surface area contributed by atoms with Gasteiger partial charge in [0.1, 0.15) is 0 Å². The highest BCUT2D eigenvalue weighted by Crippen LogP contribution is 2.19. The molecule has 0 aliphatic heterocycles. The summed E-state index contributed by atoms with van der Waals surface area (Å²) in [6.45, 7) is 4.30. The van der Waals surface area contributed by atoms with Crippen molar-refractivity contribution in [3.05, 3.63) is 23.8 Å². The van der Waals surface area contributed by atoms with Gasteiger partial charge in [0.25, 0.3) is 5.91 Å². The van der Waals surface area contributed by atoms with Crippen LogP contribution in [0.4, 0.5) is 11.4 Å². The summed E-state index contributed by atoms with van der Waals surface area (Å²) >= 11 is 0. The fourth-order valence-electron chi connectivity index (χ4n) is 1.61.